The second kappa shape index (κ2) is 9.37. The van der Waals surface area contributed by atoms with Crippen LogP contribution in [0, 0.1) is 5.82 Å². The van der Waals surface area contributed by atoms with Crippen LogP contribution in [0.1, 0.15) is 42.5 Å². The first kappa shape index (κ1) is 20.6. The van der Waals surface area contributed by atoms with Crippen molar-refractivity contribution in [3.8, 4) is 5.75 Å². The van der Waals surface area contributed by atoms with Crippen molar-refractivity contribution < 1.29 is 23.5 Å². The van der Waals surface area contributed by atoms with Crippen molar-refractivity contribution in [1.29, 1.82) is 0 Å². The maximum Gasteiger partial charge on any atom is 0.331 e. The molecule has 0 heterocycles. The lowest BCUT2D eigenvalue weighted by molar-refractivity contribution is -0.150. The minimum atomic E-state index is -0.936. The first-order valence-electron chi connectivity index (χ1n) is 9.58. The van der Waals surface area contributed by atoms with Gasteiger partial charge in [0.25, 0.3) is 5.91 Å². The minimum absolute atomic E-state index is 0.0774. The van der Waals surface area contributed by atoms with Gasteiger partial charge in [-0.25, -0.2) is 9.18 Å². The Bertz CT molecular complexity index is 925. The minimum Gasteiger partial charge on any atom is -0.494 e. The van der Waals surface area contributed by atoms with Crippen molar-refractivity contribution in [2.75, 3.05) is 7.11 Å². The summed E-state index contributed by atoms with van der Waals surface area (Å²) in [5.41, 5.74) is 2.84. The van der Waals surface area contributed by atoms with Crippen molar-refractivity contribution in [2.45, 2.75) is 38.3 Å². The van der Waals surface area contributed by atoms with Gasteiger partial charge in [-0.15, -0.1) is 0 Å². The van der Waals surface area contributed by atoms with Crippen LogP contribution in [0.5, 0.6) is 5.75 Å². The molecule has 1 N–H and O–H groups in total. The van der Waals surface area contributed by atoms with Gasteiger partial charge in [0.15, 0.2) is 17.7 Å². The molecule has 2 aromatic rings. The zero-order valence-corrected chi connectivity index (χ0v) is 16.5. The van der Waals surface area contributed by atoms with Gasteiger partial charge in [0.1, 0.15) is 0 Å². The maximum atomic E-state index is 13.7. The van der Waals surface area contributed by atoms with Crippen LogP contribution in [0.15, 0.2) is 48.5 Å². The van der Waals surface area contributed by atoms with Crippen LogP contribution in [0.4, 0.5) is 4.39 Å². The molecular formula is C23H24FNO4. The molecule has 5 nitrogen and oxygen atoms in total. The van der Waals surface area contributed by atoms with Gasteiger partial charge in [0.05, 0.1) is 13.2 Å². The molecule has 1 amide bonds. The number of hydrogen-bond donors (Lipinski definition) is 1. The largest absolute Gasteiger partial charge is 0.494 e. The molecule has 1 aliphatic rings. The topological polar surface area (TPSA) is 64.6 Å². The highest BCUT2D eigenvalue weighted by atomic mass is 19.1. The molecule has 0 aliphatic heterocycles. The number of amides is 1. The lowest BCUT2D eigenvalue weighted by Gasteiger charge is -2.27. The Labute approximate surface area is 169 Å². The second-order valence-electron chi connectivity index (χ2n) is 6.96. The van der Waals surface area contributed by atoms with Gasteiger partial charge < -0.3 is 14.8 Å². The third-order valence-corrected chi connectivity index (χ3v) is 4.94. The van der Waals surface area contributed by atoms with E-state index >= 15 is 0 Å². The van der Waals surface area contributed by atoms with Crippen molar-refractivity contribution in [3.63, 3.8) is 0 Å². The predicted octanol–water partition coefficient (Wildman–Crippen LogP) is 3.97. The van der Waals surface area contributed by atoms with E-state index < -0.39 is 17.9 Å². The average Bonchev–Trinajstić information content (AvgIpc) is 2.72. The van der Waals surface area contributed by atoms with Crippen LogP contribution in [-0.2, 0) is 20.7 Å². The summed E-state index contributed by atoms with van der Waals surface area (Å²) in [7, 11) is 1.38. The fourth-order valence-electron chi connectivity index (χ4n) is 3.41. The van der Waals surface area contributed by atoms with Gasteiger partial charge in [-0.3, -0.25) is 4.79 Å². The van der Waals surface area contributed by atoms with Gasteiger partial charge in [0.2, 0.25) is 0 Å². The number of benzene rings is 2. The SMILES string of the molecule is COc1ccc(/C=C/C(=O)O[C@@H](C)C(=O)N[C@H]2CCCc3ccccc32)cc1F. The van der Waals surface area contributed by atoms with Crippen LogP contribution in [0.3, 0.4) is 0 Å². The van der Waals surface area contributed by atoms with Crippen LogP contribution < -0.4 is 10.1 Å². The third-order valence-electron chi connectivity index (χ3n) is 4.94. The van der Waals surface area contributed by atoms with Gasteiger partial charge in [-0.05, 0) is 61.1 Å². The molecule has 2 atom stereocenters. The Morgan fingerprint density at radius 2 is 2.03 bits per heavy atom. The van der Waals surface area contributed by atoms with Crippen molar-refractivity contribution in [2.24, 2.45) is 0 Å². The Morgan fingerprint density at radius 1 is 1.24 bits per heavy atom. The predicted molar refractivity (Wildman–Crippen MR) is 108 cm³/mol. The summed E-state index contributed by atoms with van der Waals surface area (Å²) in [4.78, 5) is 24.5. The second-order valence-corrected chi connectivity index (χ2v) is 6.96. The number of ether oxygens (including phenoxy) is 2. The highest BCUT2D eigenvalue weighted by molar-refractivity contribution is 5.90. The summed E-state index contributed by atoms with van der Waals surface area (Å²) < 4.78 is 23.7. The Hall–Kier alpha value is -3.15. The zero-order valence-electron chi connectivity index (χ0n) is 16.5. The van der Waals surface area contributed by atoms with E-state index in [0.717, 1.165) is 24.8 Å². The lowest BCUT2D eigenvalue weighted by Crippen LogP contribution is -2.39. The van der Waals surface area contributed by atoms with E-state index in [1.165, 1.54) is 43.9 Å². The van der Waals surface area contributed by atoms with Crippen LogP contribution in [0.25, 0.3) is 6.08 Å². The molecule has 2 aromatic carbocycles. The van der Waals surface area contributed by atoms with Crippen molar-refractivity contribution in [1.82, 2.24) is 5.32 Å². The molecule has 0 aromatic heterocycles. The Morgan fingerprint density at radius 3 is 2.79 bits per heavy atom. The molecule has 3 rings (SSSR count). The molecule has 0 saturated heterocycles. The first-order chi connectivity index (χ1) is 14.0. The summed E-state index contributed by atoms with van der Waals surface area (Å²) in [6.45, 7) is 1.53. The summed E-state index contributed by atoms with van der Waals surface area (Å²) in [5.74, 6) is -1.42. The highest BCUT2D eigenvalue weighted by Gasteiger charge is 2.24. The summed E-state index contributed by atoms with van der Waals surface area (Å²) in [5, 5.41) is 2.97. The first-order valence-corrected chi connectivity index (χ1v) is 9.58. The van der Waals surface area contributed by atoms with E-state index in [1.807, 2.05) is 18.2 Å². The number of rotatable bonds is 6. The van der Waals surface area contributed by atoms with Crippen LogP contribution >= 0.6 is 0 Å². The number of carbonyl (C=O) groups is 2. The van der Waals surface area contributed by atoms with Crippen molar-refractivity contribution in [3.05, 3.63) is 71.0 Å². The fourth-order valence-corrected chi connectivity index (χ4v) is 3.41. The van der Waals surface area contributed by atoms with E-state index in [-0.39, 0.29) is 17.7 Å². The fraction of sp³-hybridized carbons (Fsp3) is 0.304. The van der Waals surface area contributed by atoms with Gasteiger partial charge in [-0.2, -0.15) is 0 Å². The molecular weight excluding hydrogens is 373 g/mol. The Balaban J connectivity index is 1.56. The molecule has 6 heteroatoms. The third kappa shape index (κ3) is 5.22. The molecule has 0 bridgehead atoms. The molecule has 29 heavy (non-hydrogen) atoms. The number of carbonyl (C=O) groups excluding carboxylic acids is 2. The molecule has 1 aliphatic carbocycles. The molecule has 0 fully saturated rings. The number of methoxy groups -OCH3 is 1. The van der Waals surface area contributed by atoms with E-state index in [2.05, 4.69) is 11.4 Å². The zero-order chi connectivity index (χ0) is 20.8. The summed E-state index contributed by atoms with van der Waals surface area (Å²) in [6.07, 6.45) is 4.51. The number of hydrogen-bond acceptors (Lipinski definition) is 4. The van der Waals surface area contributed by atoms with Crippen LogP contribution in [-0.4, -0.2) is 25.1 Å². The number of aryl methyl sites for hydroxylation is 1. The van der Waals surface area contributed by atoms with E-state index in [9.17, 15) is 14.0 Å². The number of esters is 1. The van der Waals surface area contributed by atoms with Gasteiger partial charge in [0, 0.05) is 6.08 Å². The lowest BCUT2D eigenvalue weighted by atomic mass is 9.87. The smallest absolute Gasteiger partial charge is 0.331 e. The molecule has 0 saturated carbocycles. The average molecular weight is 397 g/mol. The normalized spacial score (nSPS) is 16.7. The molecule has 0 radical (unpaired) electrons. The molecule has 0 unspecified atom stereocenters. The van der Waals surface area contributed by atoms with Gasteiger partial charge >= 0.3 is 5.97 Å². The molecule has 0 spiro atoms. The van der Waals surface area contributed by atoms with Crippen molar-refractivity contribution >= 4 is 18.0 Å². The quantitative estimate of drug-likeness (QED) is 0.592. The van der Waals surface area contributed by atoms with E-state index in [1.54, 1.807) is 6.07 Å². The molecule has 152 valence electrons. The number of nitrogens with one attached hydrogen (secondary N) is 1. The van der Waals surface area contributed by atoms with Gasteiger partial charge in [-0.1, -0.05) is 30.3 Å². The van der Waals surface area contributed by atoms with E-state index in [4.69, 9.17) is 9.47 Å². The van der Waals surface area contributed by atoms with Crippen LogP contribution in [0.2, 0.25) is 0 Å². The Kier molecular flexibility index (Phi) is 6.65. The maximum absolute atomic E-state index is 13.7. The summed E-state index contributed by atoms with van der Waals surface area (Å²) >= 11 is 0. The standard InChI is InChI=1S/C23H24FNO4/c1-15(23(27)25-20-9-5-7-17-6-3-4-8-18(17)20)29-22(26)13-11-16-10-12-21(28-2)19(24)14-16/h3-4,6,8,10-15,20H,5,7,9H2,1-2H3,(H,25,27)/b13-11+/t15-,20-/m0/s1. The number of halogens is 1. The highest BCUT2D eigenvalue weighted by Crippen LogP contribution is 2.29. The van der Waals surface area contributed by atoms with E-state index in [0.29, 0.717) is 5.56 Å². The number of fused-ring (bicyclic) bond motifs is 1. The summed E-state index contributed by atoms with van der Waals surface area (Å²) in [6, 6.07) is 12.3. The monoisotopic (exact) mass is 397 g/mol.